The number of carbonyl (C=O) groups is 1. The maximum atomic E-state index is 12.9. The van der Waals surface area contributed by atoms with E-state index < -0.39 is 5.97 Å². The smallest absolute Gasteiger partial charge is 0.326 e. The molecule has 0 spiro atoms. The van der Waals surface area contributed by atoms with E-state index >= 15 is 0 Å². The van der Waals surface area contributed by atoms with E-state index in [4.69, 9.17) is 9.47 Å². The molecule has 0 radical (unpaired) electrons. The van der Waals surface area contributed by atoms with Crippen LogP contribution in [0, 0.1) is 0 Å². The SMILES string of the molecule is CCCCOC(=O)Cn1cnc2scc(-c3ccc(OCC)cc3)c2c1=O. The van der Waals surface area contributed by atoms with Crippen molar-refractivity contribution in [2.24, 2.45) is 0 Å². The quantitative estimate of drug-likeness (QED) is 0.434. The number of fused-ring (bicyclic) bond motifs is 1. The lowest BCUT2D eigenvalue weighted by molar-refractivity contribution is -0.144. The summed E-state index contributed by atoms with van der Waals surface area (Å²) in [6.07, 6.45) is 3.16. The molecule has 0 unspecified atom stereocenters. The highest BCUT2D eigenvalue weighted by Gasteiger charge is 2.15. The molecular weight excluding hydrogens is 364 g/mol. The molecular formula is C20H22N2O4S. The summed E-state index contributed by atoms with van der Waals surface area (Å²) in [5.41, 5.74) is 1.48. The number of hydrogen-bond donors (Lipinski definition) is 0. The Balaban J connectivity index is 1.90. The molecule has 6 nitrogen and oxygen atoms in total. The summed E-state index contributed by atoms with van der Waals surface area (Å²) in [7, 11) is 0. The third-order valence-corrected chi connectivity index (χ3v) is 4.98. The molecule has 0 saturated heterocycles. The minimum absolute atomic E-state index is 0.135. The van der Waals surface area contributed by atoms with Crippen molar-refractivity contribution >= 4 is 27.5 Å². The Morgan fingerprint density at radius 1 is 1.22 bits per heavy atom. The Morgan fingerprint density at radius 2 is 2.00 bits per heavy atom. The van der Waals surface area contributed by atoms with E-state index in [9.17, 15) is 9.59 Å². The number of carbonyl (C=O) groups excluding carboxylic acids is 1. The van der Waals surface area contributed by atoms with E-state index in [1.54, 1.807) is 0 Å². The summed E-state index contributed by atoms with van der Waals surface area (Å²) in [6, 6.07) is 7.59. The first-order chi connectivity index (χ1) is 13.1. The highest BCUT2D eigenvalue weighted by molar-refractivity contribution is 7.17. The van der Waals surface area contributed by atoms with Gasteiger partial charge in [0.25, 0.3) is 5.56 Å². The van der Waals surface area contributed by atoms with Crippen molar-refractivity contribution in [2.75, 3.05) is 13.2 Å². The number of rotatable bonds is 8. The standard InChI is InChI=1S/C20H22N2O4S/c1-3-5-10-26-17(23)11-22-13-21-19-18(20(22)24)16(12-27-19)14-6-8-15(9-7-14)25-4-2/h6-9,12-13H,3-5,10-11H2,1-2H3. The van der Waals surface area contributed by atoms with Crippen molar-refractivity contribution in [1.82, 2.24) is 9.55 Å². The Bertz CT molecular complexity index is 976. The predicted molar refractivity (Wildman–Crippen MR) is 106 cm³/mol. The molecule has 142 valence electrons. The van der Waals surface area contributed by atoms with Gasteiger partial charge in [-0.1, -0.05) is 25.5 Å². The van der Waals surface area contributed by atoms with E-state index in [1.165, 1.54) is 22.2 Å². The largest absolute Gasteiger partial charge is 0.494 e. The fourth-order valence-electron chi connectivity index (χ4n) is 2.71. The van der Waals surface area contributed by atoms with Gasteiger partial charge in [0.05, 0.1) is 24.9 Å². The summed E-state index contributed by atoms with van der Waals surface area (Å²) in [5.74, 6) is 0.357. The molecule has 0 bridgehead atoms. The number of aromatic nitrogens is 2. The van der Waals surface area contributed by atoms with Crippen molar-refractivity contribution in [2.45, 2.75) is 33.2 Å². The number of hydrogen-bond acceptors (Lipinski definition) is 6. The first-order valence-corrected chi connectivity index (χ1v) is 9.87. The number of nitrogens with zero attached hydrogens (tertiary/aromatic N) is 2. The number of benzene rings is 1. The molecule has 0 N–H and O–H groups in total. The Labute approximate surface area is 161 Å². The molecule has 0 amide bonds. The fraction of sp³-hybridized carbons (Fsp3) is 0.350. The lowest BCUT2D eigenvalue weighted by Crippen LogP contribution is -2.25. The van der Waals surface area contributed by atoms with Crippen LogP contribution in [-0.4, -0.2) is 28.7 Å². The second-order valence-electron chi connectivity index (χ2n) is 6.04. The summed E-state index contributed by atoms with van der Waals surface area (Å²) in [4.78, 5) is 29.8. The topological polar surface area (TPSA) is 70.4 Å². The van der Waals surface area contributed by atoms with Gasteiger partial charge in [-0.2, -0.15) is 0 Å². The zero-order valence-electron chi connectivity index (χ0n) is 15.4. The normalized spacial score (nSPS) is 10.9. The van der Waals surface area contributed by atoms with Crippen LogP contribution in [0.3, 0.4) is 0 Å². The van der Waals surface area contributed by atoms with Gasteiger partial charge in [0.1, 0.15) is 17.1 Å². The minimum Gasteiger partial charge on any atom is -0.494 e. The average molecular weight is 386 g/mol. The van der Waals surface area contributed by atoms with Gasteiger partial charge >= 0.3 is 5.97 Å². The maximum Gasteiger partial charge on any atom is 0.326 e. The molecule has 3 rings (SSSR count). The third kappa shape index (κ3) is 4.36. The maximum absolute atomic E-state index is 12.9. The molecule has 0 aliphatic heterocycles. The van der Waals surface area contributed by atoms with Crippen LogP contribution in [0.25, 0.3) is 21.3 Å². The second-order valence-corrected chi connectivity index (χ2v) is 6.90. The fourth-order valence-corrected chi connectivity index (χ4v) is 3.61. The average Bonchev–Trinajstić information content (AvgIpc) is 3.10. The van der Waals surface area contributed by atoms with Crippen LogP contribution in [-0.2, 0) is 16.1 Å². The summed E-state index contributed by atoms with van der Waals surface area (Å²) >= 11 is 1.41. The summed E-state index contributed by atoms with van der Waals surface area (Å²) < 4.78 is 11.9. The second kappa shape index (κ2) is 8.81. The minimum atomic E-state index is -0.426. The zero-order chi connectivity index (χ0) is 19.2. The molecule has 0 atom stereocenters. The van der Waals surface area contributed by atoms with E-state index in [1.807, 2.05) is 43.5 Å². The Morgan fingerprint density at radius 3 is 2.70 bits per heavy atom. The Hall–Kier alpha value is -2.67. The molecule has 0 fully saturated rings. The molecule has 27 heavy (non-hydrogen) atoms. The molecule has 2 aromatic heterocycles. The van der Waals surface area contributed by atoms with Gasteiger partial charge < -0.3 is 9.47 Å². The molecule has 1 aromatic carbocycles. The van der Waals surface area contributed by atoms with Gasteiger partial charge in [0.15, 0.2) is 0 Å². The van der Waals surface area contributed by atoms with Crippen LogP contribution in [0.4, 0.5) is 0 Å². The predicted octanol–water partition coefficient (Wildman–Crippen LogP) is 3.87. The van der Waals surface area contributed by atoms with Crippen LogP contribution in [0.2, 0.25) is 0 Å². The van der Waals surface area contributed by atoms with Gasteiger partial charge in [-0.15, -0.1) is 11.3 Å². The van der Waals surface area contributed by atoms with Crippen molar-refractivity contribution in [1.29, 1.82) is 0 Å². The van der Waals surface area contributed by atoms with E-state index in [-0.39, 0.29) is 12.1 Å². The van der Waals surface area contributed by atoms with Crippen molar-refractivity contribution in [3.05, 3.63) is 46.3 Å². The van der Waals surface area contributed by atoms with Crippen LogP contribution in [0.1, 0.15) is 26.7 Å². The number of thiophene rings is 1. The van der Waals surface area contributed by atoms with Gasteiger partial charge in [0, 0.05) is 10.9 Å². The van der Waals surface area contributed by atoms with E-state index in [0.29, 0.717) is 23.4 Å². The van der Waals surface area contributed by atoms with E-state index in [2.05, 4.69) is 4.98 Å². The van der Waals surface area contributed by atoms with Crippen molar-refractivity contribution < 1.29 is 14.3 Å². The molecule has 3 aromatic rings. The van der Waals surface area contributed by atoms with Crippen molar-refractivity contribution in [3.8, 4) is 16.9 Å². The molecule has 0 aliphatic carbocycles. The Kier molecular flexibility index (Phi) is 6.24. The van der Waals surface area contributed by atoms with Gasteiger partial charge in [-0.05, 0) is 31.0 Å². The summed E-state index contributed by atoms with van der Waals surface area (Å²) in [6.45, 7) is 4.79. The van der Waals surface area contributed by atoms with E-state index in [0.717, 1.165) is 29.7 Å². The number of unbranched alkanes of at least 4 members (excludes halogenated alkanes) is 1. The van der Waals surface area contributed by atoms with Crippen molar-refractivity contribution in [3.63, 3.8) is 0 Å². The number of ether oxygens (including phenoxy) is 2. The van der Waals surface area contributed by atoms with Crippen LogP contribution in [0.15, 0.2) is 40.8 Å². The highest BCUT2D eigenvalue weighted by Crippen LogP contribution is 2.31. The van der Waals surface area contributed by atoms with Crippen LogP contribution in [0.5, 0.6) is 5.75 Å². The molecule has 7 heteroatoms. The van der Waals surface area contributed by atoms with Gasteiger partial charge in [-0.25, -0.2) is 4.98 Å². The van der Waals surface area contributed by atoms with Gasteiger partial charge in [0.2, 0.25) is 0 Å². The molecule has 2 heterocycles. The third-order valence-electron chi connectivity index (χ3n) is 4.10. The van der Waals surface area contributed by atoms with Gasteiger partial charge in [-0.3, -0.25) is 14.2 Å². The van der Waals surface area contributed by atoms with Crippen LogP contribution < -0.4 is 10.3 Å². The molecule has 0 saturated carbocycles. The lowest BCUT2D eigenvalue weighted by atomic mass is 10.1. The summed E-state index contributed by atoms with van der Waals surface area (Å²) in [5, 5.41) is 2.44. The first-order valence-electron chi connectivity index (χ1n) is 8.99. The van der Waals surface area contributed by atoms with Crippen LogP contribution >= 0.6 is 11.3 Å². The highest BCUT2D eigenvalue weighted by atomic mass is 32.1. The monoisotopic (exact) mass is 386 g/mol. The zero-order valence-corrected chi connectivity index (χ0v) is 16.3. The number of esters is 1. The lowest BCUT2D eigenvalue weighted by Gasteiger charge is -2.07. The molecule has 0 aliphatic rings. The first kappa shape index (κ1) is 19.1.